The molecule has 0 amide bonds. The third kappa shape index (κ3) is 15.9. The highest BCUT2D eigenvalue weighted by molar-refractivity contribution is 9.09. The Balaban J connectivity index is 1.14. The Morgan fingerprint density at radius 3 is 1.27 bits per heavy atom. The number of esters is 1. The molecule has 440 valence electrons. The van der Waals surface area contributed by atoms with Gasteiger partial charge in [-0.2, -0.15) is 0 Å². The normalized spacial score (nSPS) is 13.5. The van der Waals surface area contributed by atoms with Crippen molar-refractivity contribution in [2.45, 2.75) is 192 Å². The minimum absolute atomic E-state index is 0.119. The fourth-order valence-corrected chi connectivity index (χ4v) is 15.2. The molecule has 0 bridgehead atoms. The van der Waals surface area contributed by atoms with Crippen LogP contribution in [0, 0.1) is 25.5 Å². The Hall–Kier alpha value is -3.63. The molecule has 0 aromatic heterocycles. The summed E-state index contributed by atoms with van der Waals surface area (Å²) in [5.74, 6) is -0.0565. The van der Waals surface area contributed by atoms with Gasteiger partial charge in [0.1, 0.15) is 17.4 Å². The van der Waals surface area contributed by atoms with Gasteiger partial charge in [-0.1, -0.05) is 220 Å². The second kappa shape index (κ2) is 32.2. The van der Waals surface area contributed by atoms with Crippen molar-refractivity contribution < 1.29 is 23.0 Å². The predicted octanol–water partition coefficient (Wildman–Crippen LogP) is 23.4. The molecule has 3 nitrogen and oxygen atoms in total. The number of hydrogen-bond donors (Lipinski definition) is 0. The number of fused-ring (bicyclic) bond motifs is 6. The van der Waals surface area contributed by atoms with Gasteiger partial charge in [-0.25, -0.2) is 8.78 Å². The van der Waals surface area contributed by atoms with Crippen molar-refractivity contribution in [2.75, 3.05) is 34.5 Å². The summed E-state index contributed by atoms with van der Waals surface area (Å²) in [6.07, 6.45) is 26.6. The molecule has 0 heterocycles. The monoisotopic (exact) mass is 1370 g/mol. The second-order valence-corrected chi connectivity index (χ2v) is 26.7. The standard InChI is InChI=1S/C73H88Br4F2O3/c1-4-81-71(80)25-15-5-14-24-42-82-58-44-53(3)43-57(46-58)54-27-31-60-62-33-29-56(49-68(62)73(66(60)47-54,36-18-8-12-22-40-76)37-19-9-13-23-41-77)64-51-69(78)63(50-70(64)79)55-28-32-61-59-30-26-52(2)45-65(59)72(67(61)48-55,34-16-6-10-20-38-74)35-17-7-11-21-39-75/h26-33,43-51H,4-25,34-42H2,1-3H3. The van der Waals surface area contributed by atoms with Crippen LogP contribution in [0.3, 0.4) is 0 Å². The number of hydrogen-bond acceptors (Lipinski definition) is 3. The molecule has 0 atom stereocenters. The summed E-state index contributed by atoms with van der Waals surface area (Å²) < 4.78 is 46.2. The van der Waals surface area contributed by atoms with Crippen LogP contribution in [0.4, 0.5) is 8.78 Å². The summed E-state index contributed by atoms with van der Waals surface area (Å²) >= 11 is 14.6. The molecule has 82 heavy (non-hydrogen) atoms. The summed E-state index contributed by atoms with van der Waals surface area (Å²) in [5, 5.41) is 4.05. The molecular weight excluding hydrogens is 1280 g/mol. The maximum atomic E-state index is 17.4. The summed E-state index contributed by atoms with van der Waals surface area (Å²) in [7, 11) is 0. The van der Waals surface area contributed by atoms with Gasteiger partial charge >= 0.3 is 5.97 Å². The average Bonchev–Trinajstić information content (AvgIpc) is 3.33. The number of benzene rings is 6. The minimum Gasteiger partial charge on any atom is -0.494 e. The summed E-state index contributed by atoms with van der Waals surface area (Å²) in [6.45, 7) is 7.22. The fourth-order valence-electron chi connectivity index (χ4n) is 13.6. The van der Waals surface area contributed by atoms with E-state index in [9.17, 15) is 4.79 Å². The van der Waals surface area contributed by atoms with Gasteiger partial charge in [0.05, 0.1) is 13.2 Å². The number of ether oxygens (including phenoxy) is 2. The van der Waals surface area contributed by atoms with Crippen LogP contribution in [0.15, 0.2) is 103 Å². The van der Waals surface area contributed by atoms with E-state index in [1.807, 2.05) is 19.1 Å². The Kier molecular flexibility index (Phi) is 25.3. The highest BCUT2D eigenvalue weighted by atomic mass is 79.9. The van der Waals surface area contributed by atoms with Crippen molar-refractivity contribution in [2.24, 2.45) is 0 Å². The van der Waals surface area contributed by atoms with Crippen molar-refractivity contribution in [1.82, 2.24) is 0 Å². The molecule has 0 saturated heterocycles. The van der Waals surface area contributed by atoms with Crippen LogP contribution in [-0.2, 0) is 20.4 Å². The van der Waals surface area contributed by atoms with Crippen molar-refractivity contribution >= 4 is 69.7 Å². The number of carbonyl (C=O) groups excluding carboxylic acids is 1. The van der Waals surface area contributed by atoms with Gasteiger partial charge in [0, 0.05) is 49.7 Å². The van der Waals surface area contributed by atoms with Crippen molar-refractivity contribution in [3.63, 3.8) is 0 Å². The molecule has 0 saturated carbocycles. The molecule has 0 fully saturated rings. The second-order valence-electron chi connectivity index (χ2n) is 23.6. The summed E-state index contributed by atoms with van der Waals surface area (Å²) in [5.41, 5.74) is 16.5. The zero-order valence-corrected chi connectivity index (χ0v) is 55.6. The summed E-state index contributed by atoms with van der Waals surface area (Å²) in [4.78, 5) is 11.8. The van der Waals surface area contributed by atoms with Crippen molar-refractivity contribution in [1.29, 1.82) is 0 Å². The molecular formula is C73H88Br4F2O3. The lowest BCUT2D eigenvalue weighted by molar-refractivity contribution is -0.143. The first-order valence-corrected chi connectivity index (χ1v) is 35.7. The van der Waals surface area contributed by atoms with E-state index in [-0.39, 0.29) is 16.8 Å². The Morgan fingerprint density at radius 1 is 0.402 bits per heavy atom. The largest absolute Gasteiger partial charge is 0.494 e. The van der Waals surface area contributed by atoms with E-state index in [1.165, 1.54) is 101 Å². The number of carbonyl (C=O) groups is 1. The van der Waals surface area contributed by atoms with Crippen LogP contribution < -0.4 is 4.74 Å². The number of rotatable bonds is 36. The van der Waals surface area contributed by atoms with Gasteiger partial charge < -0.3 is 9.47 Å². The number of halogens is 6. The molecule has 0 N–H and O–H groups in total. The quantitative estimate of drug-likeness (QED) is 0.0223. The smallest absolute Gasteiger partial charge is 0.305 e. The van der Waals surface area contributed by atoms with E-state index in [1.54, 1.807) is 0 Å². The topological polar surface area (TPSA) is 35.5 Å². The Bertz CT molecular complexity index is 3010. The molecule has 0 radical (unpaired) electrons. The zero-order valence-electron chi connectivity index (χ0n) is 49.2. The van der Waals surface area contributed by atoms with E-state index >= 15 is 8.78 Å². The lowest BCUT2D eigenvalue weighted by atomic mass is 9.70. The molecule has 0 aliphatic heterocycles. The number of aryl methyl sites for hydroxylation is 2. The van der Waals surface area contributed by atoms with Gasteiger partial charge in [0.15, 0.2) is 0 Å². The molecule has 2 aliphatic rings. The Labute approximate surface area is 524 Å². The summed E-state index contributed by atoms with van der Waals surface area (Å²) in [6, 6.07) is 36.4. The van der Waals surface area contributed by atoms with Crippen LogP contribution in [0.5, 0.6) is 5.75 Å². The lowest BCUT2D eigenvalue weighted by Crippen LogP contribution is -2.26. The number of alkyl halides is 4. The molecule has 2 aliphatic carbocycles. The highest BCUT2D eigenvalue weighted by Gasteiger charge is 2.44. The van der Waals surface area contributed by atoms with E-state index in [0.29, 0.717) is 30.8 Å². The lowest BCUT2D eigenvalue weighted by Gasteiger charge is -2.33. The van der Waals surface area contributed by atoms with Crippen LogP contribution in [-0.4, -0.2) is 40.5 Å². The molecule has 0 spiro atoms. The third-order valence-electron chi connectivity index (χ3n) is 17.7. The van der Waals surface area contributed by atoms with Gasteiger partial charge in [-0.15, -0.1) is 0 Å². The molecule has 9 heteroatoms. The van der Waals surface area contributed by atoms with Gasteiger partial charge in [-0.3, -0.25) is 4.79 Å². The molecule has 0 unspecified atom stereocenters. The highest BCUT2D eigenvalue weighted by Crippen LogP contribution is 2.58. The van der Waals surface area contributed by atoms with Crippen molar-refractivity contribution in [3.8, 4) is 61.4 Å². The van der Waals surface area contributed by atoms with Crippen LogP contribution >= 0.6 is 63.7 Å². The molecule has 8 rings (SSSR count). The van der Waals surface area contributed by atoms with Crippen LogP contribution in [0.2, 0.25) is 0 Å². The van der Waals surface area contributed by atoms with E-state index in [4.69, 9.17) is 9.47 Å². The maximum Gasteiger partial charge on any atom is 0.305 e. The molecule has 6 aromatic carbocycles. The van der Waals surface area contributed by atoms with Gasteiger partial charge in [-0.05, 0) is 200 Å². The van der Waals surface area contributed by atoms with Crippen LogP contribution in [0.1, 0.15) is 201 Å². The van der Waals surface area contributed by atoms with Gasteiger partial charge in [0.25, 0.3) is 0 Å². The van der Waals surface area contributed by atoms with Crippen LogP contribution in [0.25, 0.3) is 55.6 Å². The van der Waals surface area contributed by atoms with E-state index in [0.717, 1.165) is 170 Å². The van der Waals surface area contributed by atoms with Crippen molar-refractivity contribution in [3.05, 3.63) is 148 Å². The fraction of sp³-hybridized carbons (Fsp3) is 0.493. The minimum atomic E-state index is -0.403. The third-order valence-corrected chi connectivity index (χ3v) is 20.0. The Morgan fingerprint density at radius 2 is 0.805 bits per heavy atom. The van der Waals surface area contributed by atoms with Gasteiger partial charge in [0.2, 0.25) is 0 Å². The predicted molar refractivity (Wildman–Crippen MR) is 357 cm³/mol. The first kappa shape index (κ1) is 64.4. The number of unbranched alkanes of at least 4 members (excludes halogenated alkanes) is 15. The van der Waals surface area contributed by atoms with E-state index < -0.39 is 11.6 Å². The molecule has 6 aromatic rings. The van der Waals surface area contributed by atoms with E-state index in [2.05, 4.69) is 156 Å². The SMILES string of the molecule is CCOC(=O)CCCCCCOc1cc(C)cc(-c2ccc3c(c2)C(CCCCCCBr)(CCCCCCBr)c2cc(-c4cc(F)c(-c5ccc6c(c5)C(CCCCCCBr)(CCCCCCBr)c5cc(C)ccc5-6)cc4F)ccc2-3)c1. The first-order chi connectivity index (χ1) is 40.0. The first-order valence-electron chi connectivity index (χ1n) is 31.2. The zero-order chi connectivity index (χ0) is 57.9. The maximum absolute atomic E-state index is 17.4. The average molecular weight is 1370 g/mol.